The SMILES string of the molecule is C[S+](C)CC[Si](C)(C)O[Si](C)(C)CC[S+](C)C. The highest BCUT2D eigenvalue weighted by atomic mass is 32.2. The van der Waals surface area contributed by atoms with Gasteiger partial charge in [-0.1, -0.05) is 0 Å². The first-order valence-corrected chi connectivity index (χ1v) is 17.0. The molecule has 0 aromatic rings. The molecule has 0 saturated carbocycles. The van der Waals surface area contributed by atoms with Crippen molar-refractivity contribution in [1.29, 1.82) is 0 Å². The van der Waals surface area contributed by atoms with E-state index in [-0.39, 0.29) is 0 Å². The highest BCUT2D eigenvalue weighted by Gasteiger charge is 2.34. The molecule has 0 bridgehead atoms. The maximum absolute atomic E-state index is 6.61. The lowest BCUT2D eigenvalue weighted by molar-refractivity contribution is 0.543. The van der Waals surface area contributed by atoms with E-state index in [1.165, 1.54) is 23.6 Å². The lowest BCUT2D eigenvalue weighted by Gasteiger charge is -2.33. The summed E-state index contributed by atoms with van der Waals surface area (Å²) in [7, 11) is -1.66. The molecule has 0 amide bonds. The second-order valence-electron chi connectivity index (χ2n) is 6.50. The summed E-state index contributed by atoms with van der Waals surface area (Å²) < 4.78 is 6.61. The highest BCUT2D eigenvalue weighted by molar-refractivity contribution is 7.95. The first-order chi connectivity index (χ1) is 7.54. The summed E-state index contributed by atoms with van der Waals surface area (Å²) in [4.78, 5) is 0. The van der Waals surface area contributed by atoms with E-state index in [1.807, 2.05) is 0 Å². The fraction of sp³-hybridized carbons (Fsp3) is 1.00. The van der Waals surface area contributed by atoms with Crippen LogP contribution in [-0.2, 0) is 25.9 Å². The van der Waals surface area contributed by atoms with Crippen molar-refractivity contribution in [3.63, 3.8) is 0 Å². The van der Waals surface area contributed by atoms with Crippen LogP contribution in [0.15, 0.2) is 0 Å². The highest BCUT2D eigenvalue weighted by Crippen LogP contribution is 2.22. The molecule has 17 heavy (non-hydrogen) atoms. The molecule has 0 rings (SSSR count). The number of rotatable bonds is 8. The quantitative estimate of drug-likeness (QED) is 0.494. The average molecular weight is 313 g/mol. The summed E-state index contributed by atoms with van der Waals surface area (Å²) in [5.74, 6) is 2.71. The summed E-state index contributed by atoms with van der Waals surface area (Å²) in [6.07, 6.45) is 9.36. The largest absolute Gasteiger partial charge is 0.455 e. The molecule has 0 aliphatic heterocycles. The standard InChI is InChI=1S/C12H32OS2Si2/c1-14(2)9-11-16(5,6)13-17(7,8)12-10-15(3)4/h9-12H2,1-8H3/q+2. The third-order valence-corrected chi connectivity index (χ3v) is 12.9. The lowest BCUT2D eigenvalue weighted by Crippen LogP contribution is -2.45. The Balaban J connectivity index is 4.17. The van der Waals surface area contributed by atoms with Gasteiger partial charge in [0.05, 0.1) is 25.0 Å². The van der Waals surface area contributed by atoms with Gasteiger partial charge < -0.3 is 4.12 Å². The molecule has 0 saturated heterocycles. The zero-order valence-electron chi connectivity index (χ0n) is 13.1. The van der Waals surface area contributed by atoms with Gasteiger partial charge in [-0.2, -0.15) is 0 Å². The summed E-state index contributed by atoms with van der Waals surface area (Å²) in [6.45, 7) is 9.64. The summed E-state index contributed by atoms with van der Waals surface area (Å²) in [5.41, 5.74) is 0. The Morgan fingerprint density at radius 1 is 0.706 bits per heavy atom. The van der Waals surface area contributed by atoms with Gasteiger partial charge in [0.25, 0.3) is 0 Å². The zero-order valence-corrected chi connectivity index (χ0v) is 16.7. The molecule has 0 aliphatic carbocycles. The second kappa shape index (κ2) is 7.63. The van der Waals surface area contributed by atoms with Crippen LogP contribution >= 0.6 is 0 Å². The van der Waals surface area contributed by atoms with E-state index in [4.69, 9.17) is 4.12 Å². The molecular weight excluding hydrogens is 280 g/mol. The predicted octanol–water partition coefficient (Wildman–Crippen LogP) is 3.17. The van der Waals surface area contributed by atoms with Crippen LogP contribution < -0.4 is 0 Å². The molecule has 0 fully saturated rings. The molecular formula is C12H32OS2Si2+2. The maximum Gasteiger partial charge on any atom is 0.178 e. The molecule has 0 N–H and O–H groups in total. The van der Waals surface area contributed by atoms with Crippen molar-refractivity contribution in [2.75, 3.05) is 36.5 Å². The van der Waals surface area contributed by atoms with Gasteiger partial charge >= 0.3 is 0 Å². The third kappa shape index (κ3) is 10.7. The number of hydrogen-bond acceptors (Lipinski definition) is 1. The normalized spacial score (nSPS) is 13.8. The molecule has 0 radical (unpaired) electrons. The van der Waals surface area contributed by atoms with E-state index in [2.05, 4.69) is 51.2 Å². The Hall–Kier alpha value is 1.09. The van der Waals surface area contributed by atoms with Crippen LogP contribution in [0.4, 0.5) is 0 Å². The zero-order chi connectivity index (χ0) is 13.7. The van der Waals surface area contributed by atoms with Gasteiger partial charge in [-0.25, -0.2) is 0 Å². The fourth-order valence-corrected chi connectivity index (χ4v) is 15.7. The van der Waals surface area contributed by atoms with Crippen molar-refractivity contribution in [2.45, 2.75) is 38.3 Å². The topological polar surface area (TPSA) is 9.23 Å². The average Bonchev–Trinajstić information content (AvgIpc) is 2.10. The molecule has 1 nitrogen and oxygen atoms in total. The molecule has 0 aliphatic rings. The van der Waals surface area contributed by atoms with E-state index >= 15 is 0 Å². The van der Waals surface area contributed by atoms with Crippen molar-refractivity contribution >= 4 is 38.4 Å². The molecule has 104 valence electrons. The fourth-order valence-electron chi connectivity index (χ4n) is 1.75. The van der Waals surface area contributed by atoms with Crippen molar-refractivity contribution in [3.05, 3.63) is 0 Å². The molecule has 0 spiro atoms. The van der Waals surface area contributed by atoms with E-state index < -0.39 is 16.6 Å². The van der Waals surface area contributed by atoms with Gasteiger partial charge in [-0.15, -0.1) is 0 Å². The molecule has 0 aromatic carbocycles. The van der Waals surface area contributed by atoms with Gasteiger partial charge in [-0.3, -0.25) is 0 Å². The maximum atomic E-state index is 6.61. The lowest BCUT2D eigenvalue weighted by atomic mass is 11.0. The summed E-state index contributed by atoms with van der Waals surface area (Å²) >= 11 is 0. The van der Waals surface area contributed by atoms with Crippen molar-refractivity contribution in [3.8, 4) is 0 Å². The Labute approximate surface area is 117 Å². The van der Waals surface area contributed by atoms with E-state index in [0.717, 1.165) is 0 Å². The van der Waals surface area contributed by atoms with Crippen LogP contribution in [0.1, 0.15) is 0 Å². The molecule has 0 aromatic heterocycles. The molecule has 0 unspecified atom stereocenters. The van der Waals surface area contributed by atoms with Crippen LogP contribution in [-0.4, -0.2) is 53.2 Å². The first-order valence-electron chi connectivity index (χ1n) is 6.33. The van der Waals surface area contributed by atoms with Crippen molar-refractivity contribution in [1.82, 2.24) is 0 Å². The predicted molar refractivity (Wildman–Crippen MR) is 93.8 cm³/mol. The van der Waals surface area contributed by atoms with Crippen LogP contribution in [0.2, 0.25) is 38.3 Å². The van der Waals surface area contributed by atoms with Gasteiger partial charge in [0.15, 0.2) is 16.6 Å². The Bertz CT molecular complexity index is 197. The summed E-state index contributed by atoms with van der Waals surface area (Å²) in [6, 6.07) is 2.67. The monoisotopic (exact) mass is 312 g/mol. The minimum atomic E-state index is -1.40. The Kier molecular flexibility index (Phi) is 8.12. The minimum Gasteiger partial charge on any atom is -0.455 e. The molecule has 5 heteroatoms. The second-order valence-corrected chi connectivity index (χ2v) is 20.1. The third-order valence-electron chi connectivity index (χ3n) is 2.78. The van der Waals surface area contributed by atoms with Gasteiger partial charge in [0, 0.05) is 12.1 Å². The van der Waals surface area contributed by atoms with E-state index in [1.54, 1.807) is 0 Å². The van der Waals surface area contributed by atoms with Gasteiger partial charge in [0.1, 0.15) is 11.5 Å². The van der Waals surface area contributed by atoms with E-state index in [9.17, 15) is 0 Å². The van der Waals surface area contributed by atoms with Crippen LogP contribution in [0, 0.1) is 0 Å². The van der Waals surface area contributed by atoms with Crippen LogP contribution in [0.25, 0.3) is 0 Å². The van der Waals surface area contributed by atoms with E-state index in [0.29, 0.717) is 21.8 Å². The van der Waals surface area contributed by atoms with Crippen LogP contribution in [0.5, 0.6) is 0 Å². The smallest absolute Gasteiger partial charge is 0.178 e. The van der Waals surface area contributed by atoms with Crippen LogP contribution in [0.3, 0.4) is 0 Å². The van der Waals surface area contributed by atoms with Crippen molar-refractivity contribution < 1.29 is 4.12 Å². The first kappa shape index (κ1) is 18.1. The minimum absolute atomic E-state index is 0.570. The Morgan fingerprint density at radius 2 is 1.00 bits per heavy atom. The van der Waals surface area contributed by atoms with Crippen molar-refractivity contribution in [2.24, 2.45) is 0 Å². The van der Waals surface area contributed by atoms with Gasteiger partial charge in [0.2, 0.25) is 0 Å². The molecule has 0 atom stereocenters. The number of hydrogen-bond donors (Lipinski definition) is 0. The Morgan fingerprint density at radius 3 is 1.24 bits per heavy atom. The molecule has 0 heterocycles. The van der Waals surface area contributed by atoms with Gasteiger partial charge in [-0.05, 0) is 48.0 Å². The summed E-state index contributed by atoms with van der Waals surface area (Å²) in [5, 5.41) is 0.